The maximum Gasteiger partial charge on any atom is 0.256 e. The Morgan fingerprint density at radius 3 is 2.50 bits per heavy atom. The van der Waals surface area contributed by atoms with E-state index in [2.05, 4.69) is 26.3 Å². The van der Waals surface area contributed by atoms with Crippen molar-refractivity contribution in [1.82, 2.24) is 9.97 Å². The molecule has 2 heterocycles. The normalized spacial score (nSPS) is 14.5. The second kappa shape index (κ2) is 8.38. The average molecular weight is 375 g/mol. The second-order valence-corrected chi connectivity index (χ2v) is 6.63. The van der Waals surface area contributed by atoms with Gasteiger partial charge in [0.15, 0.2) is 0 Å². The quantitative estimate of drug-likeness (QED) is 0.787. The Morgan fingerprint density at radius 1 is 1.23 bits per heavy atom. The maximum atomic E-state index is 12.4. The van der Waals surface area contributed by atoms with E-state index in [-0.39, 0.29) is 5.56 Å². The summed E-state index contributed by atoms with van der Waals surface area (Å²) in [5.41, 5.74) is 2.32. The minimum Gasteiger partial charge on any atom is -0.378 e. The number of piperazine rings is 1. The lowest BCUT2D eigenvalue weighted by Crippen LogP contribution is -2.47. The Morgan fingerprint density at radius 2 is 1.88 bits per heavy atom. The highest BCUT2D eigenvalue weighted by Crippen LogP contribution is 2.21. The van der Waals surface area contributed by atoms with Gasteiger partial charge in [0.2, 0.25) is 5.95 Å². The highest BCUT2D eigenvalue weighted by molar-refractivity contribution is 6.30. The number of nitrogens with zero attached hydrogens (tertiary/aromatic N) is 3. The van der Waals surface area contributed by atoms with Gasteiger partial charge in [-0.2, -0.15) is 0 Å². The number of rotatable bonds is 6. The minimum atomic E-state index is -0.123. The molecule has 3 rings (SSSR count). The van der Waals surface area contributed by atoms with Gasteiger partial charge in [-0.1, -0.05) is 17.7 Å². The fourth-order valence-electron chi connectivity index (χ4n) is 3.12. The first-order valence-corrected chi connectivity index (χ1v) is 8.97. The molecule has 0 amide bonds. The molecule has 1 aromatic heterocycles. The first-order valence-electron chi connectivity index (χ1n) is 8.59. The second-order valence-electron chi connectivity index (χ2n) is 6.19. The molecular weight excluding hydrogens is 352 g/mol. The number of hydrogen-bond acceptors (Lipinski definition) is 5. The third kappa shape index (κ3) is 4.08. The van der Waals surface area contributed by atoms with Crippen LogP contribution in [0.15, 0.2) is 41.7 Å². The highest BCUT2D eigenvalue weighted by atomic mass is 35.5. The largest absolute Gasteiger partial charge is 0.378 e. The molecule has 0 unspecified atom stereocenters. The van der Waals surface area contributed by atoms with Crippen LogP contribution in [0.4, 0.5) is 11.6 Å². The van der Waals surface area contributed by atoms with Crippen molar-refractivity contribution in [2.75, 3.05) is 43.1 Å². The van der Waals surface area contributed by atoms with Crippen molar-refractivity contribution < 1.29 is 4.74 Å². The molecule has 0 atom stereocenters. The number of aromatic amines is 1. The Balaban J connectivity index is 1.75. The molecule has 1 N–H and O–H groups in total. The van der Waals surface area contributed by atoms with Crippen LogP contribution in [-0.4, -0.2) is 43.3 Å². The topological polar surface area (TPSA) is 61.5 Å². The first-order chi connectivity index (χ1) is 12.6. The van der Waals surface area contributed by atoms with E-state index in [1.807, 2.05) is 24.3 Å². The summed E-state index contributed by atoms with van der Waals surface area (Å²) in [6, 6.07) is 7.85. The van der Waals surface area contributed by atoms with Crippen molar-refractivity contribution in [2.24, 2.45) is 0 Å². The fraction of sp³-hybridized carbons (Fsp3) is 0.368. The number of ether oxygens (including phenoxy) is 1. The molecule has 1 saturated heterocycles. The van der Waals surface area contributed by atoms with Gasteiger partial charge < -0.3 is 14.5 Å². The Kier molecular flexibility index (Phi) is 5.96. The number of nitrogens with one attached hydrogen (secondary N) is 1. The molecule has 0 bridgehead atoms. The molecule has 26 heavy (non-hydrogen) atoms. The van der Waals surface area contributed by atoms with Gasteiger partial charge in [0.1, 0.15) is 0 Å². The smallest absolute Gasteiger partial charge is 0.256 e. The molecular formula is C19H23ClN4O2. The summed E-state index contributed by atoms with van der Waals surface area (Å²) >= 11 is 5.96. The zero-order chi connectivity index (χ0) is 18.5. The molecule has 1 aromatic carbocycles. The van der Waals surface area contributed by atoms with Gasteiger partial charge in [-0.05, 0) is 30.7 Å². The summed E-state index contributed by atoms with van der Waals surface area (Å²) in [6.45, 7) is 7.26. The number of methoxy groups -OCH3 is 1. The van der Waals surface area contributed by atoms with E-state index in [4.69, 9.17) is 16.3 Å². The van der Waals surface area contributed by atoms with E-state index in [1.54, 1.807) is 13.2 Å². The van der Waals surface area contributed by atoms with Crippen molar-refractivity contribution in [1.29, 1.82) is 0 Å². The van der Waals surface area contributed by atoms with Crippen LogP contribution in [0.1, 0.15) is 11.3 Å². The zero-order valence-corrected chi connectivity index (χ0v) is 15.6. The molecule has 2 aromatic rings. The lowest BCUT2D eigenvalue weighted by Gasteiger charge is -2.36. The Hall–Kier alpha value is -2.31. The summed E-state index contributed by atoms with van der Waals surface area (Å²) in [7, 11) is 1.60. The predicted octanol–water partition coefficient (Wildman–Crippen LogP) is 2.62. The lowest BCUT2D eigenvalue weighted by molar-refractivity contribution is 0.180. The number of halogens is 1. The molecule has 0 saturated carbocycles. The van der Waals surface area contributed by atoms with Crippen LogP contribution in [0.25, 0.3) is 0 Å². The number of anilines is 2. The molecule has 6 nitrogen and oxygen atoms in total. The van der Waals surface area contributed by atoms with Crippen LogP contribution in [0.3, 0.4) is 0 Å². The van der Waals surface area contributed by atoms with Crippen LogP contribution in [0.2, 0.25) is 5.02 Å². The summed E-state index contributed by atoms with van der Waals surface area (Å²) in [5, 5.41) is 0.736. The summed E-state index contributed by atoms with van der Waals surface area (Å²) in [5.74, 6) is 0.602. The highest BCUT2D eigenvalue weighted by Gasteiger charge is 2.21. The van der Waals surface area contributed by atoms with Crippen molar-refractivity contribution in [3.05, 3.63) is 63.6 Å². The average Bonchev–Trinajstić information content (AvgIpc) is 2.65. The lowest BCUT2D eigenvalue weighted by atomic mass is 10.1. The Bertz CT molecular complexity index is 811. The van der Waals surface area contributed by atoms with Crippen LogP contribution in [0.5, 0.6) is 0 Å². The van der Waals surface area contributed by atoms with Gasteiger partial charge in [0.25, 0.3) is 5.56 Å². The molecule has 0 spiro atoms. The van der Waals surface area contributed by atoms with Crippen LogP contribution in [0, 0.1) is 0 Å². The maximum absolute atomic E-state index is 12.4. The minimum absolute atomic E-state index is 0.123. The zero-order valence-electron chi connectivity index (χ0n) is 14.9. The summed E-state index contributed by atoms with van der Waals surface area (Å²) in [6.07, 6.45) is 2.18. The third-order valence-corrected chi connectivity index (χ3v) is 4.74. The van der Waals surface area contributed by atoms with Crippen LogP contribution >= 0.6 is 11.6 Å². The summed E-state index contributed by atoms with van der Waals surface area (Å²) in [4.78, 5) is 24.4. The van der Waals surface area contributed by atoms with Crippen molar-refractivity contribution in [3.63, 3.8) is 0 Å². The van der Waals surface area contributed by atoms with E-state index in [1.165, 1.54) is 0 Å². The number of H-pyrrole nitrogens is 1. The van der Waals surface area contributed by atoms with Crippen LogP contribution < -0.4 is 15.4 Å². The van der Waals surface area contributed by atoms with E-state index in [0.717, 1.165) is 36.9 Å². The SMILES string of the molecule is C=CCc1c(COC)nc(N2CCN(c3ccc(Cl)cc3)CC2)[nH]c1=O. The van der Waals surface area contributed by atoms with E-state index in [9.17, 15) is 4.79 Å². The number of aromatic nitrogens is 2. The van der Waals surface area contributed by atoms with Gasteiger partial charge in [0, 0.05) is 49.6 Å². The van der Waals surface area contributed by atoms with Gasteiger partial charge in [-0.15, -0.1) is 6.58 Å². The third-order valence-electron chi connectivity index (χ3n) is 4.49. The molecule has 7 heteroatoms. The number of allylic oxidation sites excluding steroid dienone is 1. The van der Waals surface area contributed by atoms with E-state index in [0.29, 0.717) is 30.2 Å². The molecule has 1 aliphatic heterocycles. The van der Waals surface area contributed by atoms with Crippen molar-refractivity contribution >= 4 is 23.2 Å². The van der Waals surface area contributed by atoms with Crippen LogP contribution in [-0.2, 0) is 17.8 Å². The molecule has 0 aliphatic carbocycles. The summed E-state index contributed by atoms with van der Waals surface area (Å²) < 4.78 is 5.21. The number of hydrogen-bond donors (Lipinski definition) is 1. The van der Waals surface area contributed by atoms with Gasteiger partial charge in [-0.25, -0.2) is 4.98 Å². The molecule has 1 fully saturated rings. The van der Waals surface area contributed by atoms with Gasteiger partial charge in [-0.3, -0.25) is 9.78 Å². The van der Waals surface area contributed by atoms with E-state index < -0.39 is 0 Å². The molecule has 138 valence electrons. The van der Waals surface area contributed by atoms with Crippen molar-refractivity contribution in [3.8, 4) is 0 Å². The van der Waals surface area contributed by atoms with Crippen molar-refractivity contribution in [2.45, 2.75) is 13.0 Å². The molecule has 0 radical (unpaired) electrons. The van der Waals surface area contributed by atoms with Gasteiger partial charge >= 0.3 is 0 Å². The standard InChI is InChI=1S/C19H23ClN4O2/c1-3-4-16-17(13-26-2)21-19(22-18(16)25)24-11-9-23(10-12-24)15-7-5-14(20)6-8-15/h3,5-8H,1,4,9-13H2,2H3,(H,21,22,25). The number of benzene rings is 1. The van der Waals surface area contributed by atoms with E-state index >= 15 is 0 Å². The predicted molar refractivity (Wildman–Crippen MR) is 105 cm³/mol. The first kappa shape index (κ1) is 18.5. The fourth-order valence-corrected chi connectivity index (χ4v) is 3.25. The monoisotopic (exact) mass is 374 g/mol. The van der Waals surface area contributed by atoms with Gasteiger partial charge in [0.05, 0.1) is 12.3 Å². The Labute approximate surface area is 158 Å². The molecule has 1 aliphatic rings.